The Morgan fingerprint density at radius 2 is 2.04 bits per heavy atom. The number of amides is 1. The summed E-state index contributed by atoms with van der Waals surface area (Å²) in [5.41, 5.74) is 2.64. The van der Waals surface area contributed by atoms with Crippen LogP contribution in [0.1, 0.15) is 41.3 Å². The lowest BCUT2D eigenvalue weighted by molar-refractivity contribution is -0.145. The van der Waals surface area contributed by atoms with Crippen molar-refractivity contribution in [2.75, 3.05) is 13.1 Å². The van der Waals surface area contributed by atoms with Gasteiger partial charge < -0.3 is 20.1 Å². The normalized spacial score (nSPS) is 18.4. The number of carbonyl (C=O) groups is 1. The molecule has 1 aromatic heterocycles. The van der Waals surface area contributed by atoms with Crippen molar-refractivity contribution in [1.82, 2.24) is 14.9 Å². The molecule has 0 bridgehead atoms. The van der Waals surface area contributed by atoms with E-state index in [1.54, 1.807) is 4.90 Å². The highest BCUT2D eigenvalue weighted by atomic mass is 16.3. The largest absolute Gasteiger partial charge is 0.385 e. The minimum Gasteiger partial charge on any atom is -0.385 e. The maximum absolute atomic E-state index is 12.4. The molecular weight excluding hydrogens is 306 g/mol. The Morgan fingerprint density at radius 3 is 2.67 bits per heavy atom. The Labute approximate surface area is 141 Å². The van der Waals surface area contributed by atoms with Crippen LogP contribution in [0.25, 0.3) is 0 Å². The summed E-state index contributed by atoms with van der Waals surface area (Å²) in [4.78, 5) is 20.6. The van der Waals surface area contributed by atoms with Gasteiger partial charge in [0.15, 0.2) is 6.10 Å². The molecule has 6 heteroatoms. The van der Waals surface area contributed by atoms with Crippen molar-refractivity contribution in [3.8, 4) is 0 Å². The molecule has 24 heavy (non-hydrogen) atoms. The van der Waals surface area contributed by atoms with Crippen molar-refractivity contribution >= 4 is 5.91 Å². The molecule has 6 nitrogen and oxygen atoms in total. The Morgan fingerprint density at radius 1 is 1.33 bits per heavy atom. The van der Waals surface area contributed by atoms with Crippen LogP contribution in [0.2, 0.25) is 0 Å². The van der Waals surface area contributed by atoms with Crippen LogP contribution in [0.3, 0.4) is 0 Å². The third-order valence-electron chi connectivity index (χ3n) is 5.06. The first kappa shape index (κ1) is 16.7. The number of imidazole rings is 1. The van der Waals surface area contributed by atoms with Crippen molar-refractivity contribution in [1.29, 1.82) is 0 Å². The molecule has 2 aromatic rings. The zero-order chi connectivity index (χ0) is 17.3. The minimum absolute atomic E-state index is 0.359. The highest BCUT2D eigenvalue weighted by molar-refractivity contribution is 5.81. The number of nitrogens with one attached hydrogen (secondary N) is 1. The van der Waals surface area contributed by atoms with E-state index in [0.29, 0.717) is 31.6 Å². The van der Waals surface area contributed by atoms with Gasteiger partial charge in [-0.1, -0.05) is 18.2 Å². The monoisotopic (exact) mass is 329 g/mol. The Balaban J connectivity index is 1.71. The van der Waals surface area contributed by atoms with E-state index in [4.69, 9.17) is 0 Å². The highest BCUT2D eigenvalue weighted by Crippen LogP contribution is 2.36. The van der Waals surface area contributed by atoms with Crippen LogP contribution < -0.4 is 0 Å². The third kappa shape index (κ3) is 2.95. The van der Waals surface area contributed by atoms with Gasteiger partial charge in [-0.15, -0.1) is 0 Å². The molecule has 1 amide bonds. The summed E-state index contributed by atoms with van der Waals surface area (Å²) in [5.74, 6) is -0.359. The Bertz CT molecular complexity index is 719. The minimum atomic E-state index is -1.24. The molecule has 1 aliphatic rings. The molecule has 0 saturated carbocycles. The summed E-state index contributed by atoms with van der Waals surface area (Å²) >= 11 is 0. The second-order valence-corrected chi connectivity index (χ2v) is 6.51. The number of carbonyl (C=O) groups excluding carboxylic acids is 1. The smallest absolute Gasteiger partial charge is 0.257 e. The van der Waals surface area contributed by atoms with Gasteiger partial charge in [-0.05, 0) is 43.4 Å². The molecular formula is C18H23N3O3. The number of likely N-dealkylation sites (tertiary alicyclic amines) is 1. The third-order valence-corrected chi connectivity index (χ3v) is 5.06. The number of nitrogens with zero attached hydrogens (tertiary/aromatic N) is 2. The number of H-pyrrole nitrogens is 1. The molecule has 3 rings (SSSR count). The van der Waals surface area contributed by atoms with Gasteiger partial charge in [0.05, 0.1) is 23.8 Å². The lowest BCUT2D eigenvalue weighted by atomic mass is 9.81. The zero-order valence-corrected chi connectivity index (χ0v) is 14.0. The van der Waals surface area contributed by atoms with Crippen molar-refractivity contribution < 1.29 is 15.0 Å². The van der Waals surface area contributed by atoms with Crippen molar-refractivity contribution in [3.05, 3.63) is 53.1 Å². The van der Waals surface area contributed by atoms with E-state index in [-0.39, 0.29) is 5.91 Å². The Kier molecular flexibility index (Phi) is 4.43. The van der Waals surface area contributed by atoms with Crippen molar-refractivity contribution in [3.63, 3.8) is 0 Å². The number of hydrogen-bond acceptors (Lipinski definition) is 4. The number of aromatic amines is 1. The molecule has 0 aliphatic carbocycles. The number of hydrogen-bond donors (Lipinski definition) is 3. The summed E-state index contributed by atoms with van der Waals surface area (Å²) in [6.07, 6.45) is 2.55. The number of aliphatic hydroxyl groups is 2. The fourth-order valence-corrected chi connectivity index (χ4v) is 3.34. The molecule has 2 heterocycles. The van der Waals surface area contributed by atoms with Gasteiger partial charge in [0.1, 0.15) is 0 Å². The van der Waals surface area contributed by atoms with Crippen LogP contribution >= 0.6 is 0 Å². The number of aryl methyl sites for hydroxylation is 1. The first-order valence-electron chi connectivity index (χ1n) is 8.16. The predicted octanol–water partition coefficient (Wildman–Crippen LogP) is 1.57. The molecule has 3 N–H and O–H groups in total. The quantitative estimate of drug-likeness (QED) is 0.797. The summed E-state index contributed by atoms with van der Waals surface area (Å²) in [6, 6.07) is 5.94. The predicted molar refractivity (Wildman–Crippen MR) is 89.2 cm³/mol. The van der Waals surface area contributed by atoms with E-state index in [2.05, 4.69) is 9.97 Å². The molecule has 1 aliphatic heterocycles. The van der Waals surface area contributed by atoms with E-state index in [1.165, 1.54) is 12.5 Å². The maximum atomic E-state index is 12.4. The lowest BCUT2D eigenvalue weighted by Crippen LogP contribution is -2.47. The summed E-state index contributed by atoms with van der Waals surface area (Å²) in [5, 5.41) is 21.2. The van der Waals surface area contributed by atoms with Gasteiger partial charge in [-0.2, -0.15) is 0 Å². The standard InChI is InChI=1S/C18H23N3O3/c1-12-4-3-5-14(13(12)2)18(24)6-8-21(9-7-18)17(23)16(22)15-10-19-11-20-15/h3-5,10-11,16,22,24H,6-9H2,1-2H3,(H,19,20). The average Bonchev–Trinajstić information content (AvgIpc) is 3.11. The van der Waals surface area contributed by atoms with Gasteiger partial charge in [0.2, 0.25) is 0 Å². The van der Waals surface area contributed by atoms with Gasteiger partial charge in [-0.25, -0.2) is 4.98 Å². The van der Waals surface area contributed by atoms with Crippen molar-refractivity contribution in [2.24, 2.45) is 0 Å². The molecule has 128 valence electrons. The van der Waals surface area contributed by atoms with E-state index in [1.807, 2.05) is 32.0 Å². The van der Waals surface area contributed by atoms with Crippen molar-refractivity contribution in [2.45, 2.75) is 38.4 Å². The fourth-order valence-electron chi connectivity index (χ4n) is 3.34. The lowest BCUT2D eigenvalue weighted by Gasteiger charge is -2.40. The van der Waals surface area contributed by atoms with Crippen LogP contribution in [0.5, 0.6) is 0 Å². The number of benzene rings is 1. The maximum Gasteiger partial charge on any atom is 0.257 e. The van der Waals surface area contributed by atoms with Gasteiger partial charge >= 0.3 is 0 Å². The molecule has 1 aromatic carbocycles. The Hall–Kier alpha value is -2.18. The number of rotatable bonds is 3. The van der Waals surface area contributed by atoms with Gasteiger partial charge in [0, 0.05) is 13.1 Å². The second kappa shape index (κ2) is 6.37. The molecule has 0 spiro atoms. The molecule has 1 fully saturated rings. The van der Waals surface area contributed by atoms with Crippen LogP contribution in [0.4, 0.5) is 0 Å². The fraction of sp³-hybridized carbons (Fsp3) is 0.444. The van der Waals surface area contributed by atoms with Crippen LogP contribution in [0.15, 0.2) is 30.7 Å². The topological polar surface area (TPSA) is 89.4 Å². The van der Waals surface area contributed by atoms with E-state index in [0.717, 1.165) is 16.7 Å². The zero-order valence-electron chi connectivity index (χ0n) is 14.0. The van der Waals surface area contributed by atoms with Gasteiger partial charge in [0.25, 0.3) is 5.91 Å². The summed E-state index contributed by atoms with van der Waals surface area (Å²) < 4.78 is 0. The SMILES string of the molecule is Cc1cccc(C2(O)CCN(C(=O)C(O)c3cnc[nH]3)CC2)c1C. The van der Waals surface area contributed by atoms with Crippen LogP contribution in [-0.4, -0.2) is 44.1 Å². The van der Waals surface area contributed by atoms with E-state index in [9.17, 15) is 15.0 Å². The second-order valence-electron chi connectivity index (χ2n) is 6.51. The van der Waals surface area contributed by atoms with Crippen LogP contribution in [-0.2, 0) is 10.4 Å². The number of aliphatic hydroxyl groups excluding tert-OH is 1. The molecule has 0 radical (unpaired) electrons. The first-order chi connectivity index (χ1) is 11.4. The van der Waals surface area contributed by atoms with Gasteiger partial charge in [-0.3, -0.25) is 4.79 Å². The first-order valence-corrected chi connectivity index (χ1v) is 8.16. The highest BCUT2D eigenvalue weighted by Gasteiger charge is 2.38. The number of piperidine rings is 1. The summed E-state index contributed by atoms with van der Waals surface area (Å²) in [7, 11) is 0. The average molecular weight is 329 g/mol. The summed E-state index contributed by atoms with van der Waals surface area (Å²) in [6.45, 7) is 4.87. The number of aromatic nitrogens is 2. The van der Waals surface area contributed by atoms with Crippen LogP contribution in [0, 0.1) is 13.8 Å². The molecule has 1 unspecified atom stereocenters. The molecule has 1 saturated heterocycles. The van der Waals surface area contributed by atoms with E-state index >= 15 is 0 Å². The molecule has 1 atom stereocenters. The van der Waals surface area contributed by atoms with E-state index < -0.39 is 11.7 Å².